The minimum absolute atomic E-state index is 0. The summed E-state index contributed by atoms with van der Waals surface area (Å²) in [7, 11) is 0. The molecule has 1 aliphatic rings. The van der Waals surface area contributed by atoms with Crippen molar-refractivity contribution in [3.63, 3.8) is 0 Å². The Balaban J connectivity index is 0.00000338. The van der Waals surface area contributed by atoms with Crippen LogP contribution in [0.15, 0.2) is 18.2 Å². The highest BCUT2D eigenvalue weighted by molar-refractivity contribution is 6.00. The molecule has 7 nitrogen and oxygen atoms in total. The van der Waals surface area contributed by atoms with Crippen LogP contribution < -0.4 is 20.9 Å². The summed E-state index contributed by atoms with van der Waals surface area (Å²) in [6.07, 6.45) is 1.77. The van der Waals surface area contributed by atoms with Gasteiger partial charge < -0.3 is 20.9 Å². The number of fused-ring (bicyclic) bond motifs is 1. The number of nitrogens with zero attached hydrogens (tertiary/aromatic N) is 1. The average molecular weight is 383 g/mol. The predicted molar refractivity (Wildman–Crippen MR) is 104 cm³/mol. The molecule has 0 fully saturated rings. The molecular formula is C18H27ClN4O3. The second-order valence-electron chi connectivity index (χ2n) is 6.05. The van der Waals surface area contributed by atoms with Crippen molar-refractivity contribution >= 4 is 35.8 Å². The fourth-order valence-electron chi connectivity index (χ4n) is 2.77. The molecule has 3 N–H and O–H groups in total. The Bertz CT molecular complexity index is 651. The van der Waals surface area contributed by atoms with Crippen LogP contribution in [0.5, 0.6) is 0 Å². The van der Waals surface area contributed by atoms with Gasteiger partial charge in [0.25, 0.3) is 5.91 Å². The molecule has 0 radical (unpaired) electrons. The summed E-state index contributed by atoms with van der Waals surface area (Å²) in [5.41, 5.74) is 2.40. The fraction of sp³-hybridized carbons (Fsp3) is 0.500. The molecule has 0 spiro atoms. The topological polar surface area (TPSA) is 90.5 Å². The maximum absolute atomic E-state index is 12.2. The summed E-state index contributed by atoms with van der Waals surface area (Å²) in [4.78, 5) is 37.0. The Labute approximate surface area is 160 Å². The van der Waals surface area contributed by atoms with E-state index in [9.17, 15) is 14.4 Å². The average Bonchev–Trinajstić information content (AvgIpc) is 3.02. The summed E-state index contributed by atoms with van der Waals surface area (Å²) in [6, 6.07) is 5.38. The van der Waals surface area contributed by atoms with Gasteiger partial charge in [0, 0.05) is 37.8 Å². The molecule has 1 aromatic rings. The molecule has 0 aromatic heterocycles. The van der Waals surface area contributed by atoms with Crippen LogP contribution in [0.1, 0.15) is 36.2 Å². The second-order valence-corrected chi connectivity index (χ2v) is 6.05. The minimum atomic E-state index is -0.229. The molecule has 0 saturated heterocycles. The molecular weight excluding hydrogens is 356 g/mol. The highest BCUT2D eigenvalue weighted by Crippen LogP contribution is 2.28. The van der Waals surface area contributed by atoms with Crippen molar-refractivity contribution in [2.45, 2.75) is 26.7 Å². The van der Waals surface area contributed by atoms with E-state index in [0.29, 0.717) is 25.1 Å². The van der Waals surface area contributed by atoms with Gasteiger partial charge in [-0.2, -0.15) is 0 Å². The number of rotatable bonds is 8. The zero-order valence-corrected chi connectivity index (χ0v) is 16.1. The molecule has 0 bridgehead atoms. The first-order chi connectivity index (χ1) is 12.0. The Morgan fingerprint density at radius 3 is 2.58 bits per heavy atom. The van der Waals surface area contributed by atoms with E-state index in [2.05, 4.69) is 22.9 Å². The summed E-state index contributed by atoms with van der Waals surface area (Å²) in [6.45, 7) is 6.31. The molecule has 0 atom stereocenters. The van der Waals surface area contributed by atoms with E-state index in [1.807, 2.05) is 6.07 Å². The van der Waals surface area contributed by atoms with Gasteiger partial charge >= 0.3 is 0 Å². The third-order valence-electron chi connectivity index (χ3n) is 4.04. The maximum Gasteiger partial charge on any atom is 0.251 e. The van der Waals surface area contributed by atoms with Gasteiger partial charge in [-0.1, -0.05) is 6.92 Å². The number of amides is 3. The number of hydrogen-bond acceptors (Lipinski definition) is 4. The number of hydrogen-bond donors (Lipinski definition) is 3. The highest BCUT2D eigenvalue weighted by atomic mass is 35.5. The lowest BCUT2D eigenvalue weighted by Gasteiger charge is -2.17. The first-order valence-corrected chi connectivity index (χ1v) is 8.69. The first kappa shape index (κ1) is 21.9. The lowest BCUT2D eigenvalue weighted by molar-refractivity contribution is -0.123. The van der Waals surface area contributed by atoms with Gasteiger partial charge in [-0.15, -0.1) is 12.4 Å². The summed E-state index contributed by atoms with van der Waals surface area (Å²) >= 11 is 0. The van der Waals surface area contributed by atoms with Crippen molar-refractivity contribution in [2.75, 3.05) is 37.6 Å². The first-order valence-electron chi connectivity index (χ1n) is 8.69. The number of anilines is 1. The van der Waals surface area contributed by atoms with E-state index in [-0.39, 0.29) is 36.7 Å². The van der Waals surface area contributed by atoms with Crippen LogP contribution >= 0.6 is 12.4 Å². The van der Waals surface area contributed by atoms with Crippen LogP contribution in [0.25, 0.3) is 0 Å². The van der Waals surface area contributed by atoms with Gasteiger partial charge in [0.05, 0.1) is 6.54 Å². The lowest BCUT2D eigenvalue weighted by Crippen LogP contribution is -2.38. The molecule has 0 aliphatic carbocycles. The number of benzene rings is 1. The summed E-state index contributed by atoms with van der Waals surface area (Å²) < 4.78 is 0. The maximum atomic E-state index is 12.2. The molecule has 2 rings (SSSR count). The third kappa shape index (κ3) is 6.00. The van der Waals surface area contributed by atoms with Crippen molar-refractivity contribution in [1.29, 1.82) is 0 Å². The van der Waals surface area contributed by atoms with E-state index >= 15 is 0 Å². The quantitative estimate of drug-likeness (QED) is 0.582. The standard InChI is InChI=1S/C18H26N4O3.ClH/c1-3-7-19-8-9-20-18(25)15-4-5-16-14(11-15)6-10-22(16)17(24)12-21-13(2)23;/h4-5,11,19H,3,6-10,12H2,1-2H3,(H,20,25)(H,21,23);1H. The van der Waals surface area contributed by atoms with Gasteiger partial charge in [-0.25, -0.2) is 0 Å². The fourth-order valence-corrected chi connectivity index (χ4v) is 2.77. The van der Waals surface area contributed by atoms with Crippen molar-refractivity contribution in [2.24, 2.45) is 0 Å². The third-order valence-corrected chi connectivity index (χ3v) is 4.04. The summed E-state index contributed by atoms with van der Waals surface area (Å²) in [5.74, 6) is -0.481. The van der Waals surface area contributed by atoms with Crippen LogP contribution in [0.3, 0.4) is 0 Å². The highest BCUT2D eigenvalue weighted by Gasteiger charge is 2.25. The number of carbonyl (C=O) groups is 3. The van der Waals surface area contributed by atoms with Crippen molar-refractivity contribution in [3.8, 4) is 0 Å². The van der Waals surface area contributed by atoms with E-state index in [4.69, 9.17) is 0 Å². The van der Waals surface area contributed by atoms with Crippen molar-refractivity contribution < 1.29 is 14.4 Å². The predicted octanol–water partition coefficient (Wildman–Crippen LogP) is 0.863. The van der Waals surface area contributed by atoms with Crippen LogP contribution in [0.2, 0.25) is 0 Å². The van der Waals surface area contributed by atoms with Crippen molar-refractivity contribution in [3.05, 3.63) is 29.3 Å². The molecule has 8 heteroatoms. The van der Waals surface area contributed by atoms with E-state index in [0.717, 1.165) is 30.8 Å². The Morgan fingerprint density at radius 2 is 1.88 bits per heavy atom. The van der Waals surface area contributed by atoms with Gasteiger partial charge in [0.1, 0.15) is 0 Å². The van der Waals surface area contributed by atoms with Gasteiger partial charge in [-0.05, 0) is 43.1 Å². The minimum Gasteiger partial charge on any atom is -0.351 e. The second kappa shape index (κ2) is 10.8. The van der Waals surface area contributed by atoms with Gasteiger partial charge in [-0.3, -0.25) is 14.4 Å². The van der Waals surface area contributed by atoms with Crippen molar-refractivity contribution in [1.82, 2.24) is 16.0 Å². The van der Waals surface area contributed by atoms with Crippen LogP contribution in [-0.2, 0) is 16.0 Å². The van der Waals surface area contributed by atoms with Crippen LogP contribution in [0.4, 0.5) is 5.69 Å². The molecule has 1 aliphatic heterocycles. The number of nitrogens with one attached hydrogen (secondary N) is 3. The smallest absolute Gasteiger partial charge is 0.251 e. The Morgan fingerprint density at radius 1 is 1.12 bits per heavy atom. The summed E-state index contributed by atoms with van der Waals surface area (Å²) in [5, 5.41) is 8.64. The van der Waals surface area contributed by atoms with Crippen LogP contribution in [-0.4, -0.2) is 50.4 Å². The van der Waals surface area contributed by atoms with Gasteiger partial charge in [0.2, 0.25) is 11.8 Å². The molecule has 0 saturated carbocycles. The van der Waals surface area contributed by atoms with E-state index in [1.54, 1.807) is 17.0 Å². The normalized spacial score (nSPS) is 12.2. The zero-order chi connectivity index (χ0) is 18.2. The van der Waals surface area contributed by atoms with E-state index in [1.165, 1.54) is 6.92 Å². The zero-order valence-electron chi connectivity index (χ0n) is 15.3. The largest absolute Gasteiger partial charge is 0.351 e. The molecule has 1 heterocycles. The number of halogens is 1. The van der Waals surface area contributed by atoms with E-state index < -0.39 is 0 Å². The lowest BCUT2D eigenvalue weighted by atomic mass is 10.1. The number of carbonyl (C=O) groups excluding carboxylic acids is 3. The Hall–Kier alpha value is -2.12. The molecule has 1 aromatic carbocycles. The molecule has 26 heavy (non-hydrogen) atoms. The molecule has 144 valence electrons. The van der Waals surface area contributed by atoms with Gasteiger partial charge in [0.15, 0.2) is 0 Å². The van der Waals surface area contributed by atoms with Crippen LogP contribution in [0, 0.1) is 0 Å². The molecule has 3 amide bonds. The Kier molecular flexibility index (Phi) is 9.09. The monoisotopic (exact) mass is 382 g/mol. The molecule has 0 unspecified atom stereocenters. The SMILES string of the molecule is CCCNCCNC(=O)c1ccc2c(c1)CCN2C(=O)CNC(C)=O.Cl.